The lowest BCUT2D eigenvalue weighted by Gasteiger charge is -2.15. The van der Waals surface area contributed by atoms with Crippen molar-refractivity contribution in [2.75, 3.05) is 11.9 Å². The second-order valence-electron chi connectivity index (χ2n) is 7.51. The monoisotopic (exact) mass is 406 g/mol. The number of hydrogen-bond donors (Lipinski definition) is 2. The fourth-order valence-corrected chi connectivity index (χ4v) is 3.56. The average Bonchev–Trinajstić information content (AvgIpc) is 3.49. The van der Waals surface area contributed by atoms with Crippen molar-refractivity contribution in [1.82, 2.24) is 35.0 Å². The Morgan fingerprint density at radius 1 is 1.27 bits per heavy atom. The SMILES string of the molecule is CC(C)c1ccnnc1O[C@@H]1CO[C@H](c2cc(Nc3nccn4nccc34)n[nH]2)C1. The van der Waals surface area contributed by atoms with E-state index in [-0.39, 0.29) is 12.2 Å². The highest BCUT2D eigenvalue weighted by molar-refractivity contribution is 5.71. The van der Waals surface area contributed by atoms with E-state index in [0.717, 1.165) is 16.8 Å². The first-order valence-electron chi connectivity index (χ1n) is 9.88. The van der Waals surface area contributed by atoms with Crippen LogP contribution < -0.4 is 10.1 Å². The minimum absolute atomic E-state index is 0.0916. The summed E-state index contributed by atoms with van der Waals surface area (Å²) in [5.74, 6) is 2.23. The Kier molecular flexibility index (Phi) is 4.75. The molecule has 154 valence electrons. The maximum absolute atomic E-state index is 6.09. The van der Waals surface area contributed by atoms with Gasteiger partial charge in [-0.1, -0.05) is 13.8 Å². The van der Waals surface area contributed by atoms with Gasteiger partial charge >= 0.3 is 0 Å². The number of nitrogens with zero attached hydrogens (tertiary/aromatic N) is 6. The first kappa shape index (κ1) is 18.5. The van der Waals surface area contributed by atoms with Crippen LogP contribution in [0.2, 0.25) is 0 Å². The van der Waals surface area contributed by atoms with E-state index in [0.29, 0.717) is 36.5 Å². The Balaban J connectivity index is 1.26. The number of anilines is 2. The molecular weight excluding hydrogens is 384 g/mol. The molecule has 0 spiro atoms. The van der Waals surface area contributed by atoms with E-state index in [2.05, 4.69) is 49.6 Å². The van der Waals surface area contributed by atoms with Gasteiger partial charge in [0, 0.05) is 30.4 Å². The molecule has 0 aliphatic carbocycles. The van der Waals surface area contributed by atoms with Crippen molar-refractivity contribution in [3.63, 3.8) is 0 Å². The van der Waals surface area contributed by atoms with Crippen molar-refractivity contribution in [3.05, 3.63) is 54.2 Å². The molecule has 4 aromatic rings. The second-order valence-corrected chi connectivity index (χ2v) is 7.51. The van der Waals surface area contributed by atoms with Gasteiger partial charge in [-0.2, -0.15) is 15.3 Å². The Hall–Kier alpha value is -3.53. The fraction of sp³-hybridized carbons (Fsp3) is 0.350. The van der Waals surface area contributed by atoms with Crippen LogP contribution in [0.15, 0.2) is 43.0 Å². The van der Waals surface area contributed by atoms with Crippen LogP contribution in [0.5, 0.6) is 5.88 Å². The summed E-state index contributed by atoms with van der Waals surface area (Å²) < 4.78 is 13.8. The van der Waals surface area contributed by atoms with Crippen LogP contribution in [0, 0.1) is 0 Å². The lowest BCUT2D eigenvalue weighted by atomic mass is 10.1. The molecule has 1 saturated heterocycles. The predicted molar refractivity (Wildman–Crippen MR) is 109 cm³/mol. The van der Waals surface area contributed by atoms with Crippen molar-refractivity contribution < 1.29 is 9.47 Å². The normalized spacial score (nSPS) is 18.9. The first-order valence-corrected chi connectivity index (χ1v) is 9.88. The smallest absolute Gasteiger partial charge is 0.237 e. The summed E-state index contributed by atoms with van der Waals surface area (Å²) in [5, 5.41) is 23.0. The topological polar surface area (TPSA) is 115 Å². The molecule has 0 saturated carbocycles. The molecule has 0 aromatic carbocycles. The molecule has 1 aliphatic rings. The molecule has 0 radical (unpaired) electrons. The predicted octanol–water partition coefficient (Wildman–Crippen LogP) is 3.02. The summed E-state index contributed by atoms with van der Waals surface area (Å²) in [6.07, 6.45) is 7.38. The van der Waals surface area contributed by atoms with Gasteiger partial charge in [0.25, 0.3) is 0 Å². The lowest BCUT2D eigenvalue weighted by Crippen LogP contribution is -2.18. The number of ether oxygens (including phenoxy) is 2. The molecular formula is C20H22N8O2. The molecule has 2 atom stereocenters. The van der Waals surface area contributed by atoms with E-state index in [1.54, 1.807) is 29.3 Å². The minimum atomic E-state index is -0.129. The van der Waals surface area contributed by atoms with Gasteiger partial charge in [-0.15, -0.1) is 5.10 Å². The number of hydrogen-bond acceptors (Lipinski definition) is 8. The van der Waals surface area contributed by atoms with Crippen molar-refractivity contribution in [1.29, 1.82) is 0 Å². The molecule has 30 heavy (non-hydrogen) atoms. The molecule has 0 amide bonds. The third-order valence-corrected chi connectivity index (χ3v) is 5.09. The Labute approximate surface area is 172 Å². The van der Waals surface area contributed by atoms with E-state index < -0.39 is 0 Å². The highest BCUT2D eigenvalue weighted by atomic mass is 16.6. The summed E-state index contributed by atoms with van der Waals surface area (Å²) in [4.78, 5) is 4.37. The van der Waals surface area contributed by atoms with Gasteiger partial charge in [-0.3, -0.25) is 5.10 Å². The largest absolute Gasteiger partial charge is 0.471 e. The number of fused-ring (bicyclic) bond motifs is 1. The Morgan fingerprint density at radius 2 is 2.20 bits per heavy atom. The summed E-state index contributed by atoms with van der Waals surface area (Å²) in [5.41, 5.74) is 2.80. The number of H-pyrrole nitrogens is 1. The molecule has 1 aliphatic heterocycles. The fourth-order valence-electron chi connectivity index (χ4n) is 3.56. The maximum atomic E-state index is 6.09. The third-order valence-electron chi connectivity index (χ3n) is 5.09. The third kappa shape index (κ3) is 3.57. The zero-order chi connectivity index (χ0) is 20.5. The second kappa shape index (κ2) is 7.71. The summed E-state index contributed by atoms with van der Waals surface area (Å²) in [6.45, 7) is 4.70. The lowest BCUT2D eigenvalue weighted by molar-refractivity contribution is 0.0905. The molecule has 2 N–H and O–H groups in total. The number of aromatic amines is 1. The number of rotatable bonds is 6. The zero-order valence-corrected chi connectivity index (χ0v) is 16.7. The molecule has 0 unspecified atom stereocenters. The molecule has 1 fully saturated rings. The average molecular weight is 406 g/mol. The number of aromatic nitrogens is 7. The minimum Gasteiger partial charge on any atom is -0.471 e. The van der Waals surface area contributed by atoms with Crippen molar-refractivity contribution >= 4 is 17.2 Å². The Bertz CT molecular complexity index is 1150. The van der Waals surface area contributed by atoms with E-state index >= 15 is 0 Å². The molecule has 5 heterocycles. The van der Waals surface area contributed by atoms with Crippen LogP contribution in [-0.4, -0.2) is 47.7 Å². The Morgan fingerprint density at radius 3 is 3.10 bits per heavy atom. The van der Waals surface area contributed by atoms with Crippen molar-refractivity contribution in [2.45, 2.75) is 38.4 Å². The maximum Gasteiger partial charge on any atom is 0.237 e. The van der Waals surface area contributed by atoms with Crippen LogP contribution >= 0.6 is 0 Å². The van der Waals surface area contributed by atoms with Crippen LogP contribution in [0.1, 0.15) is 43.5 Å². The van der Waals surface area contributed by atoms with Gasteiger partial charge in [-0.05, 0) is 18.1 Å². The van der Waals surface area contributed by atoms with E-state index in [4.69, 9.17) is 9.47 Å². The highest BCUT2D eigenvalue weighted by Gasteiger charge is 2.30. The molecule has 10 heteroatoms. The van der Waals surface area contributed by atoms with E-state index in [9.17, 15) is 0 Å². The molecule has 5 rings (SSSR count). The summed E-state index contributed by atoms with van der Waals surface area (Å²) in [6, 6.07) is 5.77. The molecule has 4 aromatic heterocycles. The zero-order valence-electron chi connectivity index (χ0n) is 16.7. The molecule has 0 bridgehead atoms. The summed E-state index contributed by atoms with van der Waals surface area (Å²) >= 11 is 0. The van der Waals surface area contributed by atoms with Crippen molar-refractivity contribution in [3.8, 4) is 5.88 Å². The van der Waals surface area contributed by atoms with Crippen LogP contribution in [0.3, 0.4) is 0 Å². The van der Waals surface area contributed by atoms with Gasteiger partial charge in [0.1, 0.15) is 17.7 Å². The quantitative estimate of drug-likeness (QED) is 0.502. The van der Waals surface area contributed by atoms with Crippen LogP contribution in [-0.2, 0) is 4.74 Å². The van der Waals surface area contributed by atoms with Crippen molar-refractivity contribution in [2.24, 2.45) is 0 Å². The standard InChI is InChI=1S/C20H22N8O2/c1-12(2)14-3-5-22-27-20(14)30-13-9-17(29-11-13)15-10-18(26-25-15)24-19-16-4-6-23-28(16)8-7-21-19/h3-8,10,12-13,17H,9,11H2,1-2H3,(H2,21,24,25,26)/t13-,17-/m0/s1. The van der Waals surface area contributed by atoms with Gasteiger partial charge in [0.15, 0.2) is 11.6 Å². The number of nitrogens with one attached hydrogen (secondary N) is 2. The van der Waals surface area contributed by atoms with Gasteiger partial charge in [0.05, 0.1) is 24.7 Å². The first-order chi connectivity index (χ1) is 14.7. The van der Waals surface area contributed by atoms with Crippen LogP contribution in [0.4, 0.5) is 11.6 Å². The van der Waals surface area contributed by atoms with E-state index in [1.807, 2.05) is 18.2 Å². The van der Waals surface area contributed by atoms with Crippen LogP contribution in [0.25, 0.3) is 5.52 Å². The van der Waals surface area contributed by atoms with Gasteiger partial charge in [-0.25, -0.2) is 9.50 Å². The van der Waals surface area contributed by atoms with Gasteiger partial charge < -0.3 is 14.8 Å². The molecule has 10 nitrogen and oxygen atoms in total. The van der Waals surface area contributed by atoms with Gasteiger partial charge in [0.2, 0.25) is 5.88 Å². The highest BCUT2D eigenvalue weighted by Crippen LogP contribution is 2.33. The summed E-state index contributed by atoms with van der Waals surface area (Å²) in [7, 11) is 0. The van der Waals surface area contributed by atoms with E-state index in [1.165, 1.54) is 0 Å².